The SMILES string of the molecule is COc1ccc(NC(=O)COC(=O)c2cc(Br)c[nH]2)c(OC)c1. The van der Waals surface area contributed by atoms with Crippen molar-refractivity contribution in [1.82, 2.24) is 4.98 Å². The summed E-state index contributed by atoms with van der Waals surface area (Å²) >= 11 is 3.21. The van der Waals surface area contributed by atoms with E-state index in [1.807, 2.05) is 0 Å². The van der Waals surface area contributed by atoms with Crippen LogP contribution in [0.25, 0.3) is 0 Å². The first kappa shape index (κ1) is 16.9. The summed E-state index contributed by atoms with van der Waals surface area (Å²) < 4.78 is 15.9. The first-order chi connectivity index (χ1) is 11.0. The summed E-state index contributed by atoms with van der Waals surface area (Å²) in [5.74, 6) is -0.0547. The van der Waals surface area contributed by atoms with Crippen LogP contribution in [0.4, 0.5) is 5.69 Å². The number of ether oxygens (including phenoxy) is 3. The average molecular weight is 383 g/mol. The number of aromatic nitrogens is 1. The quantitative estimate of drug-likeness (QED) is 0.749. The van der Waals surface area contributed by atoms with Gasteiger partial charge in [-0.3, -0.25) is 4.79 Å². The largest absolute Gasteiger partial charge is 0.497 e. The zero-order chi connectivity index (χ0) is 16.8. The number of benzene rings is 1. The van der Waals surface area contributed by atoms with E-state index in [0.717, 1.165) is 4.47 Å². The van der Waals surface area contributed by atoms with Crippen LogP contribution in [0.5, 0.6) is 11.5 Å². The van der Waals surface area contributed by atoms with Crippen LogP contribution < -0.4 is 14.8 Å². The molecule has 0 aliphatic heterocycles. The van der Waals surface area contributed by atoms with E-state index in [-0.39, 0.29) is 5.69 Å². The number of halogens is 1. The van der Waals surface area contributed by atoms with Crippen molar-refractivity contribution >= 4 is 33.5 Å². The minimum Gasteiger partial charge on any atom is -0.497 e. The summed E-state index contributed by atoms with van der Waals surface area (Å²) in [6, 6.07) is 6.52. The fraction of sp³-hybridized carbons (Fsp3) is 0.200. The highest BCUT2D eigenvalue weighted by atomic mass is 79.9. The molecular weight excluding hydrogens is 368 g/mol. The van der Waals surface area contributed by atoms with Crippen LogP contribution in [0.3, 0.4) is 0 Å². The van der Waals surface area contributed by atoms with E-state index in [0.29, 0.717) is 17.2 Å². The summed E-state index contributed by atoms with van der Waals surface area (Å²) in [6.45, 7) is -0.412. The van der Waals surface area contributed by atoms with Crippen molar-refractivity contribution in [2.75, 3.05) is 26.1 Å². The second-order valence-electron chi connectivity index (χ2n) is 4.42. The van der Waals surface area contributed by atoms with Gasteiger partial charge in [-0.05, 0) is 34.1 Å². The third-order valence-corrected chi connectivity index (χ3v) is 3.34. The molecule has 0 fully saturated rings. The van der Waals surface area contributed by atoms with Crippen LogP contribution in [0.1, 0.15) is 10.5 Å². The lowest BCUT2D eigenvalue weighted by molar-refractivity contribution is -0.119. The van der Waals surface area contributed by atoms with Gasteiger partial charge in [0, 0.05) is 16.7 Å². The number of esters is 1. The molecule has 7 nitrogen and oxygen atoms in total. The molecule has 0 aliphatic carbocycles. The van der Waals surface area contributed by atoms with Gasteiger partial charge < -0.3 is 24.5 Å². The van der Waals surface area contributed by atoms with E-state index in [9.17, 15) is 9.59 Å². The van der Waals surface area contributed by atoms with E-state index < -0.39 is 18.5 Å². The minimum absolute atomic E-state index is 0.256. The number of methoxy groups -OCH3 is 2. The van der Waals surface area contributed by atoms with Gasteiger partial charge in [-0.15, -0.1) is 0 Å². The van der Waals surface area contributed by atoms with Gasteiger partial charge in [0.1, 0.15) is 17.2 Å². The van der Waals surface area contributed by atoms with Crippen molar-refractivity contribution in [3.05, 3.63) is 40.6 Å². The Morgan fingerprint density at radius 2 is 2.00 bits per heavy atom. The molecule has 8 heteroatoms. The van der Waals surface area contributed by atoms with Gasteiger partial charge in [0.05, 0.1) is 19.9 Å². The summed E-state index contributed by atoms with van der Waals surface area (Å²) in [7, 11) is 3.01. The molecule has 2 N–H and O–H groups in total. The molecule has 1 aromatic carbocycles. The molecule has 0 saturated carbocycles. The van der Waals surface area contributed by atoms with E-state index in [4.69, 9.17) is 14.2 Å². The Morgan fingerprint density at radius 1 is 1.22 bits per heavy atom. The lowest BCUT2D eigenvalue weighted by Crippen LogP contribution is -2.21. The summed E-state index contributed by atoms with van der Waals surface area (Å²) in [6.07, 6.45) is 1.60. The molecular formula is C15H15BrN2O5. The number of carbonyl (C=O) groups is 2. The number of hydrogen-bond acceptors (Lipinski definition) is 5. The predicted octanol–water partition coefficient (Wildman–Crippen LogP) is 2.59. The smallest absolute Gasteiger partial charge is 0.355 e. The Morgan fingerprint density at radius 3 is 2.61 bits per heavy atom. The standard InChI is InChI=1S/C15H15BrN2O5/c1-21-10-3-4-11(13(6-10)22-2)18-14(19)8-23-15(20)12-5-9(16)7-17-12/h3-7,17H,8H2,1-2H3,(H,18,19). The molecule has 0 atom stereocenters. The zero-order valence-corrected chi connectivity index (χ0v) is 14.1. The maximum atomic E-state index is 11.9. The Hall–Kier alpha value is -2.48. The van der Waals surface area contributed by atoms with Crippen molar-refractivity contribution in [1.29, 1.82) is 0 Å². The number of amides is 1. The fourth-order valence-corrected chi connectivity index (χ4v) is 2.13. The van der Waals surface area contributed by atoms with Crippen LogP contribution >= 0.6 is 15.9 Å². The average Bonchev–Trinajstić information content (AvgIpc) is 2.99. The van der Waals surface area contributed by atoms with Crippen molar-refractivity contribution in [2.24, 2.45) is 0 Å². The van der Waals surface area contributed by atoms with E-state index in [2.05, 4.69) is 26.2 Å². The van der Waals surface area contributed by atoms with E-state index in [1.54, 1.807) is 30.5 Å². The molecule has 0 aliphatic rings. The molecule has 0 bridgehead atoms. The molecule has 0 radical (unpaired) electrons. The third-order valence-electron chi connectivity index (χ3n) is 2.88. The molecule has 0 spiro atoms. The van der Waals surface area contributed by atoms with E-state index in [1.165, 1.54) is 14.2 Å². The lowest BCUT2D eigenvalue weighted by atomic mass is 10.2. The summed E-state index contributed by atoms with van der Waals surface area (Å²) in [4.78, 5) is 26.3. The van der Waals surface area contributed by atoms with Gasteiger partial charge in [-0.2, -0.15) is 0 Å². The Kier molecular flexibility index (Phi) is 5.64. The number of hydrogen-bond donors (Lipinski definition) is 2. The van der Waals surface area contributed by atoms with Gasteiger partial charge >= 0.3 is 5.97 Å². The summed E-state index contributed by atoms with van der Waals surface area (Å²) in [5, 5.41) is 2.61. The zero-order valence-electron chi connectivity index (χ0n) is 12.5. The molecule has 0 saturated heterocycles. The van der Waals surface area contributed by atoms with Gasteiger partial charge in [0.25, 0.3) is 5.91 Å². The maximum Gasteiger partial charge on any atom is 0.355 e. The Labute approximate surface area is 141 Å². The normalized spacial score (nSPS) is 10.0. The first-order valence-corrected chi connectivity index (χ1v) is 7.35. The monoisotopic (exact) mass is 382 g/mol. The first-order valence-electron chi connectivity index (χ1n) is 6.56. The second-order valence-corrected chi connectivity index (χ2v) is 5.34. The summed E-state index contributed by atoms with van der Waals surface area (Å²) in [5.41, 5.74) is 0.712. The van der Waals surface area contributed by atoms with E-state index >= 15 is 0 Å². The molecule has 1 amide bonds. The van der Waals surface area contributed by atoms with Crippen LogP contribution in [0, 0.1) is 0 Å². The molecule has 2 aromatic rings. The van der Waals surface area contributed by atoms with Gasteiger partial charge in [-0.1, -0.05) is 0 Å². The number of H-pyrrole nitrogens is 1. The molecule has 122 valence electrons. The van der Waals surface area contributed by atoms with Crippen molar-refractivity contribution in [3.63, 3.8) is 0 Å². The molecule has 1 heterocycles. The highest BCUT2D eigenvalue weighted by Gasteiger charge is 2.13. The number of rotatable bonds is 6. The van der Waals surface area contributed by atoms with Crippen molar-refractivity contribution in [3.8, 4) is 11.5 Å². The second kappa shape index (κ2) is 7.68. The topological polar surface area (TPSA) is 89.6 Å². The predicted molar refractivity (Wildman–Crippen MR) is 87.0 cm³/mol. The lowest BCUT2D eigenvalue weighted by Gasteiger charge is -2.11. The Balaban J connectivity index is 1.93. The van der Waals surface area contributed by atoms with Crippen LogP contribution in [0.2, 0.25) is 0 Å². The number of anilines is 1. The van der Waals surface area contributed by atoms with Crippen LogP contribution in [0.15, 0.2) is 34.9 Å². The number of aromatic amines is 1. The molecule has 0 unspecified atom stereocenters. The number of nitrogens with one attached hydrogen (secondary N) is 2. The minimum atomic E-state index is -0.618. The highest BCUT2D eigenvalue weighted by Crippen LogP contribution is 2.28. The molecule has 1 aromatic heterocycles. The fourth-order valence-electron chi connectivity index (χ4n) is 1.78. The molecule has 2 rings (SSSR count). The van der Waals surface area contributed by atoms with Crippen LogP contribution in [-0.4, -0.2) is 37.7 Å². The Bertz CT molecular complexity index is 714. The molecule has 23 heavy (non-hydrogen) atoms. The van der Waals surface area contributed by atoms with Gasteiger partial charge in [0.2, 0.25) is 0 Å². The maximum absolute atomic E-state index is 11.9. The number of carbonyl (C=O) groups excluding carboxylic acids is 2. The van der Waals surface area contributed by atoms with Gasteiger partial charge in [-0.25, -0.2) is 4.79 Å². The van der Waals surface area contributed by atoms with Gasteiger partial charge in [0.15, 0.2) is 6.61 Å². The highest BCUT2D eigenvalue weighted by molar-refractivity contribution is 9.10. The van der Waals surface area contributed by atoms with Crippen LogP contribution in [-0.2, 0) is 9.53 Å². The van der Waals surface area contributed by atoms with Crippen molar-refractivity contribution < 1.29 is 23.8 Å². The van der Waals surface area contributed by atoms with Crippen molar-refractivity contribution in [2.45, 2.75) is 0 Å². The third kappa shape index (κ3) is 4.49.